The van der Waals surface area contributed by atoms with Gasteiger partial charge in [0.25, 0.3) is 0 Å². The Morgan fingerprint density at radius 1 is 1.33 bits per heavy atom. The van der Waals surface area contributed by atoms with E-state index >= 15 is 0 Å². The van der Waals surface area contributed by atoms with Crippen molar-refractivity contribution in [1.29, 1.82) is 0 Å². The van der Waals surface area contributed by atoms with E-state index in [2.05, 4.69) is 46.4 Å². The molecule has 0 nitrogen and oxygen atoms in total. The van der Waals surface area contributed by atoms with Gasteiger partial charge in [-0.1, -0.05) is 28.1 Å². The van der Waals surface area contributed by atoms with Crippen LogP contribution in [-0.4, -0.2) is 0 Å². The molecule has 78 valence electrons. The van der Waals surface area contributed by atoms with E-state index in [4.69, 9.17) is 11.6 Å². The fraction of sp³-hybridized carbons (Fsp3) is 0.167. The Morgan fingerprint density at radius 3 is 2.80 bits per heavy atom. The van der Waals surface area contributed by atoms with E-state index in [1.807, 2.05) is 12.1 Å². The molecule has 0 N–H and O–H groups in total. The molecule has 1 atom stereocenters. The van der Waals surface area contributed by atoms with Gasteiger partial charge in [-0.05, 0) is 41.6 Å². The number of halogens is 2. The van der Waals surface area contributed by atoms with Gasteiger partial charge in [-0.2, -0.15) is 0 Å². The lowest BCUT2D eigenvalue weighted by molar-refractivity contribution is 1.14. The van der Waals surface area contributed by atoms with E-state index in [0.717, 1.165) is 4.47 Å². The highest BCUT2D eigenvalue weighted by Gasteiger charge is 2.14. The molecule has 1 unspecified atom stereocenters. The molecular formula is C12H10BrClS. The van der Waals surface area contributed by atoms with Crippen molar-refractivity contribution in [3.05, 3.63) is 56.2 Å². The zero-order valence-electron chi connectivity index (χ0n) is 8.21. The van der Waals surface area contributed by atoms with Gasteiger partial charge in [0.2, 0.25) is 0 Å². The summed E-state index contributed by atoms with van der Waals surface area (Å²) >= 11 is 11.6. The van der Waals surface area contributed by atoms with Crippen LogP contribution in [0.2, 0.25) is 0 Å². The van der Waals surface area contributed by atoms with Crippen molar-refractivity contribution in [3.8, 4) is 0 Å². The molecule has 1 aromatic heterocycles. The van der Waals surface area contributed by atoms with Gasteiger partial charge in [-0.15, -0.1) is 22.9 Å². The lowest BCUT2D eigenvalue weighted by Crippen LogP contribution is -1.93. The molecule has 15 heavy (non-hydrogen) atoms. The Hall–Kier alpha value is -0.310. The Bertz CT molecular complexity index is 451. The van der Waals surface area contributed by atoms with Crippen molar-refractivity contribution >= 4 is 38.9 Å². The van der Waals surface area contributed by atoms with Crippen LogP contribution in [0.15, 0.2) is 40.2 Å². The van der Waals surface area contributed by atoms with Crippen LogP contribution in [-0.2, 0) is 0 Å². The first-order chi connectivity index (χ1) is 7.18. The van der Waals surface area contributed by atoms with Crippen LogP contribution in [0.3, 0.4) is 0 Å². The van der Waals surface area contributed by atoms with Crippen molar-refractivity contribution in [3.63, 3.8) is 0 Å². The Kier molecular flexibility index (Phi) is 3.49. The average molecular weight is 302 g/mol. The van der Waals surface area contributed by atoms with Crippen LogP contribution >= 0.6 is 38.9 Å². The number of aryl methyl sites for hydroxylation is 1. The molecule has 0 aliphatic rings. The molecule has 0 aliphatic carbocycles. The molecule has 0 aliphatic heterocycles. The highest BCUT2D eigenvalue weighted by Crippen LogP contribution is 2.34. The van der Waals surface area contributed by atoms with Crippen LogP contribution < -0.4 is 0 Å². The molecule has 2 rings (SSSR count). The number of alkyl halides is 1. The zero-order chi connectivity index (χ0) is 10.8. The first-order valence-electron chi connectivity index (χ1n) is 4.62. The molecule has 0 amide bonds. The second kappa shape index (κ2) is 4.69. The minimum atomic E-state index is -0.0394. The maximum Gasteiger partial charge on any atom is 0.0930 e. The molecular weight excluding hydrogens is 292 g/mol. The summed E-state index contributed by atoms with van der Waals surface area (Å²) in [5.74, 6) is 0. The van der Waals surface area contributed by atoms with Crippen molar-refractivity contribution in [1.82, 2.24) is 0 Å². The fourth-order valence-electron chi connectivity index (χ4n) is 1.47. The molecule has 2 aromatic rings. The summed E-state index contributed by atoms with van der Waals surface area (Å²) in [5.41, 5.74) is 2.40. The third kappa shape index (κ3) is 2.44. The van der Waals surface area contributed by atoms with Gasteiger partial charge in [0.1, 0.15) is 0 Å². The van der Waals surface area contributed by atoms with E-state index in [0.29, 0.717) is 0 Å². The van der Waals surface area contributed by atoms with Crippen LogP contribution in [0.4, 0.5) is 0 Å². The second-order valence-corrected chi connectivity index (χ2v) is 5.71. The molecule has 1 heterocycles. The maximum absolute atomic E-state index is 6.44. The number of benzene rings is 1. The normalized spacial score (nSPS) is 12.7. The van der Waals surface area contributed by atoms with Gasteiger partial charge in [0.05, 0.1) is 5.38 Å². The van der Waals surface area contributed by atoms with Crippen LogP contribution in [0.25, 0.3) is 0 Å². The number of hydrogen-bond donors (Lipinski definition) is 0. The van der Waals surface area contributed by atoms with Crippen LogP contribution in [0, 0.1) is 6.92 Å². The fourth-order valence-corrected chi connectivity index (χ4v) is 3.03. The smallest absolute Gasteiger partial charge is 0.0930 e. The summed E-state index contributed by atoms with van der Waals surface area (Å²) in [6.45, 7) is 2.09. The third-order valence-electron chi connectivity index (χ3n) is 2.31. The van der Waals surface area contributed by atoms with Gasteiger partial charge < -0.3 is 0 Å². The lowest BCUT2D eigenvalue weighted by Gasteiger charge is -2.11. The minimum absolute atomic E-state index is 0.0394. The molecule has 0 radical (unpaired) electrons. The predicted molar refractivity (Wildman–Crippen MR) is 70.9 cm³/mol. The molecule has 0 bridgehead atoms. The van der Waals surface area contributed by atoms with Gasteiger partial charge in [-0.3, -0.25) is 0 Å². The summed E-state index contributed by atoms with van der Waals surface area (Å²) in [6.07, 6.45) is 0. The lowest BCUT2D eigenvalue weighted by atomic mass is 10.0. The van der Waals surface area contributed by atoms with E-state index in [9.17, 15) is 0 Å². The van der Waals surface area contributed by atoms with E-state index in [1.165, 1.54) is 16.0 Å². The van der Waals surface area contributed by atoms with Crippen molar-refractivity contribution in [2.75, 3.05) is 0 Å². The number of thiophene rings is 1. The molecule has 1 aromatic carbocycles. The second-order valence-electron chi connectivity index (χ2n) is 3.38. The van der Waals surface area contributed by atoms with Gasteiger partial charge in [-0.25, -0.2) is 0 Å². The topological polar surface area (TPSA) is 0 Å². The highest BCUT2D eigenvalue weighted by molar-refractivity contribution is 9.10. The Balaban J connectivity index is 2.41. The minimum Gasteiger partial charge on any atom is -0.147 e. The molecule has 3 heteroatoms. The van der Waals surface area contributed by atoms with Crippen molar-refractivity contribution < 1.29 is 0 Å². The first kappa shape index (κ1) is 11.2. The third-order valence-corrected chi connectivity index (χ3v) is 4.34. The summed E-state index contributed by atoms with van der Waals surface area (Å²) in [6, 6.07) is 10.3. The quantitative estimate of drug-likeness (QED) is 0.673. The van der Waals surface area contributed by atoms with Crippen molar-refractivity contribution in [2.24, 2.45) is 0 Å². The molecule has 0 saturated heterocycles. The first-order valence-corrected chi connectivity index (χ1v) is 6.73. The predicted octanol–water partition coefficient (Wildman–Crippen LogP) is 5.15. The van der Waals surface area contributed by atoms with Crippen LogP contribution in [0.1, 0.15) is 21.4 Å². The average Bonchev–Trinajstić information content (AvgIpc) is 2.74. The number of rotatable bonds is 2. The SMILES string of the molecule is Cc1ccc(Br)cc1C(Cl)c1cccs1. The van der Waals surface area contributed by atoms with Gasteiger partial charge in [0, 0.05) is 9.35 Å². The standard InChI is InChI=1S/C12H10BrClS/c1-8-4-5-9(13)7-10(8)12(14)11-3-2-6-15-11/h2-7,12H,1H3. The molecule has 0 spiro atoms. The van der Waals surface area contributed by atoms with Gasteiger partial charge in [0.15, 0.2) is 0 Å². The highest BCUT2D eigenvalue weighted by atomic mass is 79.9. The van der Waals surface area contributed by atoms with Crippen LogP contribution in [0.5, 0.6) is 0 Å². The summed E-state index contributed by atoms with van der Waals surface area (Å²) in [7, 11) is 0. The molecule has 0 saturated carbocycles. The summed E-state index contributed by atoms with van der Waals surface area (Å²) in [5, 5.41) is 2.01. The summed E-state index contributed by atoms with van der Waals surface area (Å²) in [4.78, 5) is 1.19. The molecule has 0 fully saturated rings. The largest absolute Gasteiger partial charge is 0.147 e. The number of hydrogen-bond acceptors (Lipinski definition) is 1. The van der Waals surface area contributed by atoms with Crippen molar-refractivity contribution in [2.45, 2.75) is 12.3 Å². The zero-order valence-corrected chi connectivity index (χ0v) is 11.4. The Morgan fingerprint density at radius 2 is 2.13 bits per heavy atom. The van der Waals surface area contributed by atoms with E-state index in [-0.39, 0.29) is 5.38 Å². The maximum atomic E-state index is 6.44. The van der Waals surface area contributed by atoms with Gasteiger partial charge >= 0.3 is 0 Å². The Labute approximate surface area is 107 Å². The monoisotopic (exact) mass is 300 g/mol. The van der Waals surface area contributed by atoms with E-state index < -0.39 is 0 Å². The van der Waals surface area contributed by atoms with E-state index in [1.54, 1.807) is 11.3 Å². The summed E-state index contributed by atoms with van der Waals surface area (Å²) < 4.78 is 1.07.